The van der Waals surface area contributed by atoms with E-state index in [0.717, 1.165) is 6.29 Å². The molecule has 0 bridgehead atoms. The molecule has 1 aliphatic carbocycles. The van der Waals surface area contributed by atoms with Crippen LogP contribution in [0.25, 0.3) is 0 Å². The van der Waals surface area contributed by atoms with Crippen LogP contribution in [0.5, 0.6) is 0 Å². The maximum absolute atomic E-state index is 10.5. The van der Waals surface area contributed by atoms with Gasteiger partial charge in [0.1, 0.15) is 6.29 Å². The largest absolute Gasteiger partial charge is 0.396 e. The topological polar surface area (TPSA) is 37.3 Å². The SMILES string of the molecule is O=CC(CO)C1C=CC=CC=C1. The molecule has 2 heteroatoms. The van der Waals surface area contributed by atoms with Crippen LogP contribution < -0.4 is 0 Å². The van der Waals surface area contributed by atoms with E-state index in [1.165, 1.54) is 0 Å². The van der Waals surface area contributed by atoms with E-state index in [1.54, 1.807) is 0 Å². The lowest BCUT2D eigenvalue weighted by Crippen LogP contribution is -2.16. The molecule has 0 aromatic carbocycles. The van der Waals surface area contributed by atoms with Gasteiger partial charge in [-0.15, -0.1) is 0 Å². The molecule has 0 amide bonds. The molecule has 12 heavy (non-hydrogen) atoms. The minimum absolute atomic E-state index is 0.0301. The minimum atomic E-state index is -0.308. The summed E-state index contributed by atoms with van der Waals surface area (Å²) in [5.41, 5.74) is 0. The van der Waals surface area contributed by atoms with E-state index >= 15 is 0 Å². The van der Waals surface area contributed by atoms with Gasteiger partial charge in [-0.05, 0) is 0 Å². The number of rotatable bonds is 3. The Labute approximate surface area is 71.9 Å². The van der Waals surface area contributed by atoms with E-state index in [4.69, 9.17) is 5.11 Å². The van der Waals surface area contributed by atoms with Gasteiger partial charge in [0.2, 0.25) is 0 Å². The Morgan fingerprint density at radius 2 is 1.83 bits per heavy atom. The Bertz CT molecular complexity index is 210. The normalized spacial score (nSPS) is 19.1. The summed E-state index contributed by atoms with van der Waals surface area (Å²) in [6, 6.07) is 0. The summed E-state index contributed by atoms with van der Waals surface area (Å²) in [4.78, 5) is 10.5. The van der Waals surface area contributed by atoms with Gasteiger partial charge in [0.05, 0.1) is 6.61 Å². The van der Waals surface area contributed by atoms with Crippen LogP contribution in [0.3, 0.4) is 0 Å². The minimum Gasteiger partial charge on any atom is -0.396 e. The van der Waals surface area contributed by atoms with E-state index in [0.29, 0.717) is 0 Å². The molecule has 0 radical (unpaired) electrons. The number of allylic oxidation sites excluding steroid dienone is 6. The van der Waals surface area contributed by atoms with Crippen molar-refractivity contribution in [1.82, 2.24) is 0 Å². The Balaban J connectivity index is 2.67. The van der Waals surface area contributed by atoms with Gasteiger partial charge < -0.3 is 9.90 Å². The van der Waals surface area contributed by atoms with Gasteiger partial charge in [0.25, 0.3) is 0 Å². The van der Waals surface area contributed by atoms with Crippen molar-refractivity contribution in [3.05, 3.63) is 36.5 Å². The second kappa shape index (κ2) is 4.67. The molecule has 1 N–H and O–H groups in total. The maximum atomic E-state index is 10.5. The number of hydrogen-bond donors (Lipinski definition) is 1. The third-order valence-electron chi connectivity index (χ3n) is 1.88. The monoisotopic (exact) mass is 164 g/mol. The first-order valence-electron chi connectivity index (χ1n) is 3.96. The van der Waals surface area contributed by atoms with Crippen molar-refractivity contribution < 1.29 is 9.90 Å². The van der Waals surface area contributed by atoms with Gasteiger partial charge in [-0.1, -0.05) is 36.5 Å². The van der Waals surface area contributed by atoms with Crippen LogP contribution in [0.4, 0.5) is 0 Å². The number of aliphatic hydroxyl groups is 1. The summed E-state index contributed by atoms with van der Waals surface area (Å²) in [6.07, 6.45) is 12.2. The molecular weight excluding hydrogens is 152 g/mol. The third-order valence-corrected chi connectivity index (χ3v) is 1.88. The molecule has 0 saturated heterocycles. The molecule has 1 rings (SSSR count). The van der Waals surface area contributed by atoms with Crippen LogP contribution in [-0.2, 0) is 4.79 Å². The van der Waals surface area contributed by atoms with E-state index in [9.17, 15) is 4.79 Å². The van der Waals surface area contributed by atoms with Gasteiger partial charge in [-0.3, -0.25) is 0 Å². The Morgan fingerprint density at radius 1 is 1.25 bits per heavy atom. The fourth-order valence-electron chi connectivity index (χ4n) is 1.12. The smallest absolute Gasteiger partial charge is 0.126 e. The van der Waals surface area contributed by atoms with Gasteiger partial charge >= 0.3 is 0 Å². The quantitative estimate of drug-likeness (QED) is 0.634. The Hall–Kier alpha value is -1.15. The fourth-order valence-corrected chi connectivity index (χ4v) is 1.12. The van der Waals surface area contributed by atoms with Gasteiger partial charge in [0, 0.05) is 11.8 Å². The zero-order valence-electron chi connectivity index (χ0n) is 6.76. The molecule has 1 unspecified atom stereocenters. The van der Waals surface area contributed by atoms with Gasteiger partial charge in [-0.25, -0.2) is 0 Å². The summed E-state index contributed by atoms with van der Waals surface area (Å²) in [5.74, 6) is -0.278. The molecule has 0 heterocycles. The lowest BCUT2D eigenvalue weighted by Gasteiger charge is -2.11. The molecule has 64 valence electrons. The lowest BCUT2D eigenvalue weighted by molar-refractivity contribution is -0.112. The predicted molar refractivity (Wildman–Crippen MR) is 47.5 cm³/mol. The van der Waals surface area contributed by atoms with E-state index < -0.39 is 0 Å². The van der Waals surface area contributed by atoms with Crippen molar-refractivity contribution in [3.8, 4) is 0 Å². The Kier molecular flexibility index (Phi) is 3.48. The Morgan fingerprint density at radius 3 is 2.25 bits per heavy atom. The standard InChI is InChI=1S/C10H12O2/c11-7-10(8-12)9-5-3-1-2-4-6-9/h1-7,9-10,12H,8H2. The number of aldehydes is 1. The van der Waals surface area contributed by atoms with Crippen LogP contribution in [-0.4, -0.2) is 18.0 Å². The summed E-state index contributed by atoms with van der Waals surface area (Å²) in [5, 5.41) is 8.85. The number of carbonyl (C=O) groups is 1. The summed E-state index contributed by atoms with van der Waals surface area (Å²) in [6.45, 7) is -0.0944. The summed E-state index contributed by atoms with van der Waals surface area (Å²) < 4.78 is 0. The van der Waals surface area contributed by atoms with Crippen molar-refractivity contribution in [3.63, 3.8) is 0 Å². The summed E-state index contributed by atoms with van der Waals surface area (Å²) >= 11 is 0. The highest BCUT2D eigenvalue weighted by atomic mass is 16.3. The third kappa shape index (κ3) is 2.17. The average Bonchev–Trinajstić information content (AvgIpc) is 2.35. The highest BCUT2D eigenvalue weighted by Crippen LogP contribution is 2.14. The second-order valence-electron chi connectivity index (χ2n) is 2.71. The van der Waals surface area contributed by atoms with Crippen LogP contribution in [0.15, 0.2) is 36.5 Å². The summed E-state index contributed by atoms with van der Waals surface area (Å²) in [7, 11) is 0. The second-order valence-corrected chi connectivity index (χ2v) is 2.71. The van der Waals surface area contributed by atoms with Crippen molar-refractivity contribution >= 4 is 6.29 Å². The van der Waals surface area contributed by atoms with Crippen LogP contribution >= 0.6 is 0 Å². The number of carbonyl (C=O) groups excluding carboxylic acids is 1. The van der Waals surface area contributed by atoms with Gasteiger partial charge in [0.15, 0.2) is 0 Å². The lowest BCUT2D eigenvalue weighted by atomic mass is 9.94. The molecule has 1 aliphatic rings. The number of aliphatic hydroxyl groups excluding tert-OH is 1. The van der Waals surface area contributed by atoms with Gasteiger partial charge in [-0.2, -0.15) is 0 Å². The zero-order chi connectivity index (χ0) is 8.81. The molecule has 0 saturated carbocycles. The molecule has 0 spiro atoms. The van der Waals surface area contributed by atoms with Crippen LogP contribution in [0.1, 0.15) is 0 Å². The van der Waals surface area contributed by atoms with Crippen molar-refractivity contribution in [2.24, 2.45) is 11.8 Å². The van der Waals surface area contributed by atoms with Crippen molar-refractivity contribution in [2.75, 3.05) is 6.61 Å². The van der Waals surface area contributed by atoms with E-state index in [-0.39, 0.29) is 18.4 Å². The molecule has 0 fully saturated rings. The first-order valence-corrected chi connectivity index (χ1v) is 3.96. The van der Waals surface area contributed by atoms with Crippen molar-refractivity contribution in [1.29, 1.82) is 0 Å². The molecule has 0 aromatic heterocycles. The number of hydrogen-bond acceptors (Lipinski definition) is 2. The first-order chi connectivity index (χ1) is 5.88. The predicted octanol–water partition coefficient (Wildman–Crippen LogP) is 1.09. The average molecular weight is 164 g/mol. The van der Waals surface area contributed by atoms with E-state index in [2.05, 4.69) is 0 Å². The highest BCUT2D eigenvalue weighted by Gasteiger charge is 2.14. The molecule has 0 aliphatic heterocycles. The molecule has 2 nitrogen and oxygen atoms in total. The van der Waals surface area contributed by atoms with Crippen LogP contribution in [0, 0.1) is 11.8 Å². The van der Waals surface area contributed by atoms with Crippen molar-refractivity contribution in [2.45, 2.75) is 0 Å². The fraction of sp³-hybridized carbons (Fsp3) is 0.300. The maximum Gasteiger partial charge on any atom is 0.126 e. The molecular formula is C10H12O2. The first kappa shape index (κ1) is 8.94. The highest BCUT2D eigenvalue weighted by molar-refractivity contribution is 5.55. The molecule has 0 aromatic rings. The van der Waals surface area contributed by atoms with E-state index in [1.807, 2.05) is 36.5 Å². The molecule has 1 atom stereocenters. The zero-order valence-corrected chi connectivity index (χ0v) is 6.76. The van der Waals surface area contributed by atoms with Crippen LogP contribution in [0.2, 0.25) is 0 Å².